The molecular weight excluding hydrogens is 292 g/mol. The molecule has 0 nitrogen and oxygen atoms in total. The van der Waals surface area contributed by atoms with Crippen LogP contribution < -0.4 is 0 Å². The molecule has 0 N–H and O–H groups in total. The molecule has 23 heavy (non-hydrogen) atoms. The summed E-state index contributed by atoms with van der Waals surface area (Å²) in [5.74, 6) is 0.363. The Balaban J connectivity index is 2.02. The van der Waals surface area contributed by atoms with Crippen molar-refractivity contribution in [3.63, 3.8) is 0 Å². The van der Waals surface area contributed by atoms with Gasteiger partial charge in [0.25, 0.3) is 0 Å². The summed E-state index contributed by atoms with van der Waals surface area (Å²) in [7, 11) is -1.12. The third kappa shape index (κ3) is 3.91. The van der Waals surface area contributed by atoms with Crippen LogP contribution in [0.4, 0.5) is 0 Å². The van der Waals surface area contributed by atoms with Crippen molar-refractivity contribution in [1.29, 1.82) is 0 Å². The molecule has 0 amide bonds. The maximum atomic E-state index is 2.46. The Labute approximate surface area is 141 Å². The Bertz CT molecular complexity index is 663. The summed E-state index contributed by atoms with van der Waals surface area (Å²) in [6.07, 6.45) is 5.98. The average molecular weight is 319 g/mol. The molecule has 0 aliphatic heterocycles. The van der Waals surface area contributed by atoms with Gasteiger partial charge < -0.3 is 0 Å². The lowest BCUT2D eigenvalue weighted by Gasteiger charge is -2.25. The number of rotatable bonds is 5. The summed E-state index contributed by atoms with van der Waals surface area (Å²) < 4.78 is 0. The normalized spacial score (nSPS) is 14.8. The van der Waals surface area contributed by atoms with E-state index in [0.717, 1.165) is 6.42 Å². The Morgan fingerprint density at radius 3 is 1.78 bits per heavy atom. The number of allylic oxidation sites excluding steroid dienone is 4. The van der Waals surface area contributed by atoms with Crippen molar-refractivity contribution in [2.75, 3.05) is 0 Å². The molecule has 1 aliphatic carbocycles. The molecular formula is C22H26Si. The van der Waals surface area contributed by atoms with Gasteiger partial charge in [-0.15, -0.1) is 0 Å². The summed E-state index contributed by atoms with van der Waals surface area (Å²) >= 11 is 0. The molecule has 0 bridgehead atoms. The van der Waals surface area contributed by atoms with Gasteiger partial charge in [-0.05, 0) is 29.2 Å². The van der Waals surface area contributed by atoms with Crippen LogP contribution in [0.1, 0.15) is 23.5 Å². The number of benzene rings is 2. The van der Waals surface area contributed by atoms with Gasteiger partial charge in [-0.2, -0.15) is 0 Å². The van der Waals surface area contributed by atoms with E-state index < -0.39 is 8.07 Å². The highest BCUT2D eigenvalue weighted by Crippen LogP contribution is 2.41. The molecule has 3 rings (SSSR count). The molecule has 2 aromatic carbocycles. The highest BCUT2D eigenvalue weighted by molar-refractivity contribution is 6.76. The van der Waals surface area contributed by atoms with Crippen molar-refractivity contribution in [3.05, 3.63) is 95.1 Å². The molecule has 0 radical (unpaired) electrons. The van der Waals surface area contributed by atoms with E-state index in [1.54, 1.807) is 5.57 Å². The van der Waals surface area contributed by atoms with Gasteiger partial charge in [0.05, 0.1) is 0 Å². The maximum absolute atomic E-state index is 2.46. The van der Waals surface area contributed by atoms with Crippen molar-refractivity contribution in [3.8, 4) is 0 Å². The van der Waals surface area contributed by atoms with Crippen molar-refractivity contribution >= 4 is 8.07 Å². The molecule has 0 fully saturated rings. The van der Waals surface area contributed by atoms with Crippen LogP contribution >= 0.6 is 0 Å². The van der Waals surface area contributed by atoms with E-state index >= 15 is 0 Å². The quantitative estimate of drug-likeness (QED) is 0.558. The first kappa shape index (κ1) is 16.0. The van der Waals surface area contributed by atoms with E-state index in [1.165, 1.54) is 22.7 Å². The van der Waals surface area contributed by atoms with Gasteiger partial charge in [-0.3, -0.25) is 0 Å². The highest BCUT2D eigenvalue weighted by Gasteiger charge is 2.26. The van der Waals surface area contributed by atoms with Gasteiger partial charge in [-0.1, -0.05) is 98.0 Å². The van der Waals surface area contributed by atoms with Gasteiger partial charge >= 0.3 is 0 Å². The van der Waals surface area contributed by atoms with E-state index in [0.29, 0.717) is 5.92 Å². The summed E-state index contributed by atoms with van der Waals surface area (Å²) in [4.78, 5) is 0. The Kier molecular flexibility index (Phi) is 4.68. The van der Waals surface area contributed by atoms with Crippen LogP contribution in [0.25, 0.3) is 0 Å². The fraction of sp³-hybridized carbons (Fsp3) is 0.273. The molecule has 0 heterocycles. The lowest BCUT2D eigenvalue weighted by atomic mass is 9.83. The van der Waals surface area contributed by atoms with Gasteiger partial charge in [0.1, 0.15) is 0 Å². The highest BCUT2D eigenvalue weighted by atomic mass is 28.3. The minimum Gasteiger partial charge on any atom is -0.0775 e. The van der Waals surface area contributed by atoms with Crippen LogP contribution in [0, 0.1) is 0 Å². The average Bonchev–Trinajstić information content (AvgIpc) is 2.96. The largest absolute Gasteiger partial charge is 0.0775 e. The maximum Gasteiger partial charge on any atom is 0.0487 e. The standard InChI is InChI=1S/C22H26Si/c1-23(2,3)17-20-15-10-16-21(20)22(18-11-6-4-7-12-18)19-13-8-5-9-14-19/h4-9,11-16,22H,10,17H2,1-3H3. The first-order valence-corrected chi connectivity index (χ1v) is 12.2. The molecule has 1 heteroatoms. The second-order valence-corrected chi connectivity index (χ2v) is 13.1. The first-order valence-electron chi connectivity index (χ1n) is 8.54. The third-order valence-electron chi connectivity index (χ3n) is 4.37. The van der Waals surface area contributed by atoms with Crippen molar-refractivity contribution in [1.82, 2.24) is 0 Å². The van der Waals surface area contributed by atoms with Crippen molar-refractivity contribution < 1.29 is 0 Å². The van der Waals surface area contributed by atoms with E-state index in [-0.39, 0.29) is 0 Å². The van der Waals surface area contributed by atoms with Gasteiger partial charge in [0, 0.05) is 14.0 Å². The zero-order valence-corrected chi connectivity index (χ0v) is 15.4. The summed E-state index contributed by atoms with van der Waals surface area (Å²) in [6.45, 7) is 7.39. The monoisotopic (exact) mass is 318 g/mol. The second-order valence-electron chi connectivity index (χ2n) is 7.62. The molecule has 1 aliphatic rings. The molecule has 2 aromatic rings. The van der Waals surface area contributed by atoms with Crippen LogP contribution in [0.2, 0.25) is 25.7 Å². The second kappa shape index (κ2) is 6.72. The Morgan fingerprint density at radius 1 is 0.783 bits per heavy atom. The van der Waals surface area contributed by atoms with E-state index in [4.69, 9.17) is 0 Å². The Morgan fingerprint density at radius 2 is 1.30 bits per heavy atom. The zero-order chi connectivity index (χ0) is 16.3. The molecule has 118 valence electrons. The van der Waals surface area contributed by atoms with Gasteiger partial charge in [-0.25, -0.2) is 0 Å². The predicted octanol–water partition coefficient (Wildman–Crippen LogP) is 6.41. The van der Waals surface area contributed by atoms with E-state index in [1.807, 2.05) is 0 Å². The lowest BCUT2D eigenvalue weighted by Crippen LogP contribution is -2.21. The Hall–Kier alpha value is -1.86. The fourth-order valence-electron chi connectivity index (χ4n) is 3.47. The lowest BCUT2D eigenvalue weighted by molar-refractivity contribution is 0.956. The summed E-state index contributed by atoms with van der Waals surface area (Å²) in [6, 6.07) is 23.2. The zero-order valence-electron chi connectivity index (χ0n) is 14.4. The molecule has 0 atom stereocenters. The van der Waals surface area contributed by atoms with Gasteiger partial charge in [0.2, 0.25) is 0 Å². The first-order chi connectivity index (χ1) is 11.0. The van der Waals surface area contributed by atoms with Crippen LogP contribution in [-0.4, -0.2) is 8.07 Å². The molecule has 0 saturated heterocycles. The summed E-state index contributed by atoms with van der Waals surface area (Å²) in [5.41, 5.74) is 5.91. The predicted molar refractivity (Wildman–Crippen MR) is 104 cm³/mol. The van der Waals surface area contributed by atoms with Crippen molar-refractivity contribution in [2.24, 2.45) is 0 Å². The van der Waals surface area contributed by atoms with Crippen LogP contribution in [0.15, 0.2) is 84.0 Å². The minimum absolute atomic E-state index is 0.363. The van der Waals surface area contributed by atoms with E-state index in [2.05, 4.69) is 92.5 Å². The topological polar surface area (TPSA) is 0 Å². The van der Waals surface area contributed by atoms with Crippen LogP contribution in [-0.2, 0) is 0 Å². The van der Waals surface area contributed by atoms with Crippen LogP contribution in [0.3, 0.4) is 0 Å². The SMILES string of the molecule is C[Si](C)(C)CC1=CCC=C1C(c1ccccc1)c1ccccc1. The third-order valence-corrected chi connectivity index (χ3v) is 5.81. The van der Waals surface area contributed by atoms with E-state index in [9.17, 15) is 0 Å². The van der Waals surface area contributed by atoms with Crippen LogP contribution in [0.5, 0.6) is 0 Å². The number of hydrogen-bond acceptors (Lipinski definition) is 0. The fourth-order valence-corrected chi connectivity index (χ4v) is 4.96. The van der Waals surface area contributed by atoms with Gasteiger partial charge in [0.15, 0.2) is 0 Å². The molecule has 0 saturated carbocycles. The summed E-state index contributed by atoms with van der Waals surface area (Å²) in [5, 5.41) is 0. The molecule has 0 aromatic heterocycles. The molecule has 0 spiro atoms. The number of hydrogen-bond donors (Lipinski definition) is 0. The smallest absolute Gasteiger partial charge is 0.0487 e. The van der Waals surface area contributed by atoms with Crippen molar-refractivity contribution in [2.45, 2.75) is 38.0 Å². The minimum atomic E-state index is -1.12. The molecule has 0 unspecified atom stereocenters.